The monoisotopic (exact) mass is 460 g/mol. The van der Waals surface area contributed by atoms with Crippen molar-refractivity contribution >= 4 is 0 Å². The molecule has 0 amide bonds. The van der Waals surface area contributed by atoms with Crippen molar-refractivity contribution in [2.75, 3.05) is 0 Å². The van der Waals surface area contributed by atoms with Crippen molar-refractivity contribution in [2.45, 2.75) is 129 Å². The predicted octanol–water partition coefficient (Wildman–Crippen LogP) is 8.73. The highest BCUT2D eigenvalue weighted by Gasteiger charge is 2.20. The van der Waals surface area contributed by atoms with E-state index in [4.69, 9.17) is 0 Å². The van der Waals surface area contributed by atoms with Gasteiger partial charge in [0.15, 0.2) is 0 Å². The Morgan fingerprint density at radius 3 is 1.56 bits per heavy atom. The molecule has 2 saturated carbocycles. The molecule has 0 radical (unpaired) electrons. The van der Waals surface area contributed by atoms with Crippen LogP contribution in [0.2, 0.25) is 0 Å². The Labute approximate surface area is 210 Å². The predicted molar refractivity (Wildman–Crippen MR) is 144 cm³/mol. The van der Waals surface area contributed by atoms with Crippen LogP contribution in [0.3, 0.4) is 0 Å². The second kappa shape index (κ2) is 16.0. The van der Waals surface area contributed by atoms with Gasteiger partial charge >= 0.3 is 0 Å². The number of unbranched alkanes of at least 4 members (excludes halogenated alkanes) is 6. The SMILES string of the molecule is CCCCCCC1CCC(C#Cc2cnc(C#CC3CCC(CCCCCC)CC3)nc2)CC1. The van der Waals surface area contributed by atoms with Gasteiger partial charge in [-0.05, 0) is 69.1 Å². The Hall–Kier alpha value is -1.80. The van der Waals surface area contributed by atoms with Crippen LogP contribution in [-0.4, -0.2) is 9.97 Å². The van der Waals surface area contributed by atoms with Crippen molar-refractivity contribution in [2.24, 2.45) is 23.7 Å². The molecule has 0 aromatic carbocycles. The maximum absolute atomic E-state index is 4.47. The Balaban J connectivity index is 1.35. The highest BCUT2D eigenvalue weighted by Crippen LogP contribution is 2.32. The molecular weight excluding hydrogens is 412 g/mol. The van der Waals surface area contributed by atoms with Crippen LogP contribution in [0.25, 0.3) is 0 Å². The summed E-state index contributed by atoms with van der Waals surface area (Å²) in [5.41, 5.74) is 0.927. The third kappa shape index (κ3) is 10.2. The summed E-state index contributed by atoms with van der Waals surface area (Å²) in [4.78, 5) is 8.95. The van der Waals surface area contributed by atoms with E-state index in [1.807, 2.05) is 12.4 Å². The molecule has 186 valence electrons. The van der Waals surface area contributed by atoms with Crippen molar-refractivity contribution in [3.05, 3.63) is 23.8 Å². The normalized spacial score (nSPS) is 24.5. The molecule has 0 saturated heterocycles. The van der Waals surface area contributed by atoms with E-state index >= 15 is 0 Å². The molecule has 2 aliphatic carbocycles. The topological polar surface area (TPSA) is 25.8 Å². The largest absolute Gasteiger partial charge is 0.228 e. The molecule has 0 unspecified atom stereocenters. The van der Waals surface area contributed by atoms with Crippen LogP contribution in [0, 0.1) is 47.4 Å². The summed E-state index contributed by atoms with van der Waals surface area (Å²) in [5.74, 6) is 17.1. The fourth-order valence-corrected chi connectivity index (χ4v) is 5.72. The molecule has 0 bridgehead atoms. The maximum Gasteiger partial charge on any atom is 0.204 e. The van der Waals surface area contributed by atoms with Gasteiger partial charge in [0.2, 0.25) is 5.82 Å². The molecule has 0 spiro atoms. The maximum atomic E-state index is 4.47. The lowest BCUT2D eigenvalue weighted by atomic mass is 9.80. The molecular formula is C32H48N2. The quantitative estimate of drug-likeness (QED) is 0.258. The Morgan fingerprint density at radius 1 is 0.618 bits per heavy atom. The van der Waals surface area contributed by atoms with E-state index in [9.17, 15) is 0 Å². The minimum absolute atomic E-state index is 0.525. The molecule has 1 aromatic rings. The molecule has 2 heteroatoms. The highest BCUT2D eigenvalue weighted by molar-refractivity contribution is 5.32. The summed E-state index contributed by atoms with van der Waals surface area (Å²) in [5, 5.41) is 0. The van der Waals surface area contributed by atoms with Crippen LogP contribution in [0.1, 0.15) is 141 Å². The molecule has 0 N–H and O–H groups in total. The average Bonchev–Trinajstić information content (AvgIpc) is 2.89. The van der Waals surface area contributed by atoms with Gasteiger partial charge < -0.3 is 0 Å². The number of aromatic nitrogens is 2. The van der Waals surface area contributed by atoms with Gasteiger partial charge in [0.1, 0.15) is 0 Å². The Kier molecular flexibility index (Phi) is 12.6. The number of hydrogen-bond acceptors (Lipinski definition) is 2. The summed E-state index contributed by atoms with van der Waals surface area (Å²) in [6, 6.07) is 0. The van der Waals surface area contributed by atoms with Crippen molar-refractivity contribution in [3.63, 3.8) is 0 Å². The van der Waals surface area contributed by atoms with E-state index in [1.165, 1.54) is 116 Å². The fraction of sp³-hybridized carbons (Fsp3) is 0.750. The van der Waals surface area contributed by atoms with Crippen LogP contribution in [0.15, 0.2) is 12.4 Å². The summed E-state index contributed by atoms with van der Waals surface area (Å²) in [6.07, 6.45) is 28.1. The van der Waals surface area contributed by atoms with E-state index in [0.717, 1.165) is 17.4 Å². The van der Waals surface area contributed by atoms with Crippen molar-refractivity contribution < 1.29 is 0 Å². The van der Waals surface area contributed by atoms with Crippen LogP contribution in [-0.2, 0) is 0 Å². The van der Waals surface area contributed by atoms with Gasteiger partial charge in [-0.15, -0.1) is 0 Å². The lowest BCUT2D eigenvalue weighted by Crippen LogP contribution is -2.13. The Morgan fingerprint density at radius 2 is 1.09 bits per heavy atom. The fourth-order valence-electron chi connectivity index (χ4n) is 5.72. The first-order valence-corrected chi connectivity index (χ1v) is 14.6. The second-order valence-electron chi connectivity index (χ2n) is 11.0. The standard InChI is InChI=1S/C32H48N2/c1-3-5-7-9-11-27-13-17-29(18-14-27)21-22-31-25-33-32(34-26-31)24-23-30-19-15-28(16-20-30)12-10-8-6-4-2/h25-30H,3-20H2,1-2H3. The van der Waals surface area contributed by atoms with E-state index in [2.05, 4.69) is 47.5 Å². The molecule has 2 nitrogen and oxygen atoms in total. The van der Waals surface area contributed by atoms with Crippen molar-refractivity contribution in [1.29, 1.82) is 0 Å². The highest BCUT2D eigenvalue weighted by atomic mass is 14.8. The zero-order valence-electron chi connectivity index (χ0n) is 22.1. The van der Waals surface area contributed by atoms with Gasteiger partial charge in [-0.25, -0.2) is 9.97 Å². The number of rotatable bonds is 10. The lowest BCUT2D eigenvalue weighted by molar-refractivity contribution is 0.294. The first-order chi connectivity index (χ1) is 16.8. The first kappa shape index (κ1) is 26.8. The average molecular weight is 461 g/mol. The van der Waals surface area contributed by atoms with Crippen molar-refractivity contribution in [3.8, 4) is 23.7 Å². The third-order valence-electron chi connectivity index (χ3n) is 8.09. The number of nitrogens with zero attached hydrogens (tertiary/aromatic N) is 2. The van der Waals surface area contributed by atoms with Crippen LogP contribution < -0.4 is 0 Å². The molecule has 1 heterocycles. The van der Waals surface area contributed by atoms with E-state index in [-0.39, 0.29) is 0 Å². The summed E-state index contributed by atoms with van der Waals surface area (Å²) in [6.45, 7) is 4.58. The van der Waals surface area contributed by atoms with Crippen LogP contribution in [0.5, 0.6) is 0 Å². The first-order valence-electron chi connectivity index (χ1n) is 14.6. The van der Waals surface area contributed by atoms with Crippen LogP contribution in [0.4, 0.5) is 0 Å². The summed E-state index contributed by atoms with van der Waals surface area (Å²) in [7, 11) is 0. The number of hydrogen-bond donors (Lipinski definition) is 0. The second-order valence-corrected chi connectivity index (χ2v) is 11.0. The zero-order valence-corrected chi connectivity index (χ0v) is 22.1. The van der Waals surface area contributed by atoms with Gasteiger partial charge in [-0.1, -0.05) is 95.8 Å². The van der Waals surface area contributed by atoms with Gasteiger partial charge in [0.25, 0.3) is 0 Å². The lowest BCUT2D eigenvalue weighted by Gasteiger charge is -2.25. The molecule has 2 fully saturated rings. The minimum atomic E-state index is 0.525. The minimum Gasteiger partial charge on any atom is -0.228 e. The summed E-state index contributed by atoms with van der Waals surface area (Å²) < 4.78 is 0. The smallest absolute Gasteiger partial charge is 0.204 e. The van der Waals surface area contributed by atoms with Gasteiger partial charge in [-0.2, -0.15) is 0 Å². The van der Waals surface area contributed by atoms with Gasteiger partial charge in [0, 0.05) is 24.2 Å². The molecule has 0 aliphatic heterocycles. The van der Waals surface area contributed by atoms with E-state index < -0.39 is 0 Å². The molecule has 3 rings (SSSR count). The van der Waals surface area contributed by atoms with E-state index in [1.54, 1.807) is 0 Å². The molecule has 0 atom stereocenters. The third-order valence-corrected chi connectivity index (χ3v) is 8.09. The summed E-state index contributed by atoms with van der Waals surface area (Å²) >= 11 is 0. The zero-order chi connectivity index (χ0) is 23.8. The molecule has 1 aromatic heterocycles. The van der Waals surface area contributed by atoms with Gasteiger partial charge in [0.05, 0.1) is 5.56 Å². The van der Waals surface area contributed by atoms with E-state index in [0.29, 0.717) is 17.7 Å². The van der Waals surface area contributed by atoms with Crippen molar-refractivity contribution in [1.82, 2.24) is 9.97 Å². The Bertz CT molecular complexity index is 718. The van der Waals surface area contributed by atoms with Gasteiger partial charge in [-0.3, -0.25) is 0 Å². The molecule has 2 aliphatic rings. The molecule has 34 heavy (non-hydrogen) atoms. The van der Waals surface area contributed by atoms with Crippen LogP contribution >= 0.6 is 0 Å².